The van der Waals surface area contributed by atoms with Crippen LogP contribution in [0.25, 0.3) is 0 Å². The monoisotopic (exact) mass is 258 g/mol. The van der Waals surface area contributed by atoms with Crippen LogP contribution < -0.4 is 10.6 Å². The zero-order valence-corrected chi connectivity index (χ0v) is 11.2. The molecule has 0 aliphatic carbocycles. The van der Waals surface area contributed by atoms with E-state index in [0.717, 1.165) is 24.2 Å². The molecule has 0 fully saturated rings. The maximum absolute atomic E-state index is 12.2. The molecule has 0 atom stereocenters. The van der Waals surface area contributed by atoms with Gasteiger partial charge in [0.1, 0.15) is 0 Å². The normalized spacial score (nSPS) is 10.4. The van der Waals surface area contributed by atoms with Crippen molar-refractivity contribution in [2.24, 2.45) is 0 Å². The third kappa shape index (κ3) is 3.42. The van der Waals surface area contributed by atoms with Gasteiger partial charge in [0.15, 0.2) is 5.82 Å². The second kappa shape index (κ2) is 6.15. The molecule has 19 heavy (non-hydrogen) atoms. The molecule has 0 bridgehead atoms. The quantitative estimate of drug-likeness (QED) is 0.765. The summed E-state index contributed by atoms with van der Waals surface area (Å²) in [6.45, 7) is 2.73. The number of hydrogen-bond donors (Lipinski definition) is 3. The van der Waals surface area contributed by atoms with Gasteiger partial charge < -0.3 is 10.6 Å². The number of aromatic amines is 1. The molecule has 0 saturated carbocycles. The van der Waals surface area contributed by atoms with Gasteiger partial charge in [-0.25, -0.2) is 0 Å². The van der Waals surface area contributed by atoms with E-state index in [1.807, 2.05) is 38.2 Å². The molecule has 3 N–H and O–H groups in total. The van der Waals surface area contributed by atoms with Gasteiger partial charge >= 0.3 is 0 Å². The van der Waals surface area contributed by atoms with E-state index in [-0.39, 0.29) is 5.91 Å². The second-order valence-electron chi connectivity index (χ2n) is 4.40. The van der Waals surface area contributed by atoms with Gasteiger partial charge in [0.05, 0.1) is 0 Å². The third-order valence-electron chi connectivity index (χ3n) is 2.85. The first-order chi connectivity index (χ1) is 9.20. The SMILES string of the molecule is CNCCc1ccccc1C(=O)Nc1cc(C)[nH]n1. The Bertz CT molecular complexity index is 562. The van der Waals surface area contributed by atoms with Crippen molar-refractivity contribution in [3.63, 3.8) is 0 Å². The molecule has 0 aliphatic rings. The maximum Gasteiger partial charge on any atom is 0.257 e. The molecule has 1 aromatic heterocycles. The van der Waals surface area contributed by atoms with Crippen molar-refractivity contribution >= 4 is 11.7 Å². The fourth-order valence-electron chi connectivity index (χ4n) is 1.89. The summed E-state index contributed by atoms with van der Waals surface area (Å²) in [5.74, 6) is 0.420. The van der Waals surface area contributed by atoms with Crippen LogP contribution >= 0.6 is 0 Å². The van der Waals surface area contributed by atoms with Crippen molar-refractivity contribution in [2.45, 2.75) is 13.3 Å². The van der Waals surface area contributed by atoms with Gasteiger partial charge in [-0.05, 0) is 38.6 Å². The number of hydrogen-bond acceptors (Lipinski definition) is 3. The summed E-state index contributed by atoms with van der Waals surface area (Å²) < 4.78 is 0. The van der Waals surface area contributed by atoms with Crippen LogP contribution in [0.2, 0.25) is 0 Å². The topological polar surface area (TPSA) is 69.8 Å². The van der Waals surface area contributed by atoms with Crippen molar-refractivity contribution in [3.8, 4) is 0 Å². The van der Waals surface area contributed by atoms with E-state index in [0.29, 0.717) is 11.4 Å². The van der Waals surface area contributed by atoms with E-state index >= 15 is 0 Å². The smallest absolute Gasteiger partial charge is 0.257 e. The molecular formula is C14H18N4O. The van der Waals surface area contributed by atoms with Crippen molar-refractivity contribution in [3.05, 3.63) is 47.2 Å². The van der Waals surface area contributed by atoms with E-state index < -0.39 is 0 Å². The summed E-state index contributed by atoms with van der Waals surface area (Å²) in [5, 5.41) is 12.7. The Morgan fingerprint density at radius 1 is 1.37 bits per heavy atom. The summed E-state index contributed by atoms with van der Waals surface area (Å²) >= 11 is 0. The van der Waals surface area contributed by atoms with Crippen LogP contribution in [-0.4, -0.2) is 29.7 Å². The summed E-state index contributed by atoms with van der Waals surface area (Å²) in [5.41, 5.74) is 2.64. The zero-order chi connectivity index (χ0) is 13.7. The number of aryl methyl sites for hydroxylation is 1. The standard InChI is InChI=1S/C14H18N4O/c1-10-9-13(18-17-10)16-14(19)12-6-4-3-5-11(12)7-8-15-2/h3-6,9,15H,7-8H2,1-2H3,(H2,16,17,18,19). The number of carbonyl (C=O) groups excluding carboxylic acids is 1. The molecule has 100 valence electrons. The molecule has 1 heterocycles. The largest absolute Gasteiger partial charge is 0.319 e. The molecule has 1 aromatic carbocycles. The Balaban J connectivity index is 2.14. The number of carbonyl (C=O) groups is 1. The van der Waals surface area contributed by atoms with E-state index in [9.17, 15) is 4.79 Å². The van der Waals surface area contributed by atoms with Gasteiger partial charge in [-0.15, -0.1) is 0 Å². The first-order valence-corrected chi connectivity index (χ1v) is 6.26. The lowest BCUT2D eigenvalue weighted by Gasteiger charge is -2.08. The fraction of sp³-hybridized carbons (Fsp3) is 0.286. The van der Waals surface area contributed by atoms with Crippen LogP contribution in [0, 0.1) is 6.92 Å². The highest BCUT2D eigenvalue weighted by Crippen LogP contribution is 2.12. The molecule has 5 heteroatoms. The number of likely N-dealkylation sites (N-methyl/N-ethyl adjacent to an activating group) is 1. The first-order valence-electron chi connectivity index (χ1n) is 6.26. The number of nitrogens with one attached hydrogen (secondary N) is 3. The van der Waals surface area contributed by atoms with E-state index in [1.54, 1.807) is 6.07 Å². The molecule has 1 amide bonds. The summed E-state index contributed by atoms with van der Waals surface area (Å²) in [6, 6.07) is 9.42. The number of rotatable bonds is 5. The minimum Gasteiger partial charge on any atom is -0.319 e. The van der Waals surface area contributed by atoms with Crippen molar-refractivity contribution in [1.82, 2.24) is 15.5 Å². The summed E-state index contributed by atoms with van der Waals surface area (Å²) in [4.78, 5) is 12.2. The van der Waals surface area contributed by atoms with Gasteiger partial charge in [0, 0.05) is 17.3 Å². The van der Waals surface area contributed by atoms with Crippen LogP contribution in [0.5, 0.6) is 0 Å². The predicted octanol–water partition coefficient (Wildman–Crippen LogP) is 1.73. The minimum absolute atomic E-state index is 0.127. The number of anilines is 1. The Hall–Kier alpha value is -2.14. The summed E-state index contributed by atoms with van der Waals surface area (Å²) in [7, 11) is 1.90. The highest BCUT2D eigenvalue weighted by atomic mass is 16.1. The highest BCUT2D eigenvalue weighted by molar-refractivity contribution is 6.04. The molecule has 2 aromatic rings. The lowest BCUT2D eigenvalue weighted by atomic mass is 10.0. The van der Waals surface area contributed by atoms with Gasteiger partial charge in [0.2, 0.25) is 0 Å². The first kappa shape index (κ1) is 13.3. The molecule has 0 spiro atoms. The summed E-state index contributed by atoms with van der Waals surface area (Å²) in [6.07, 6.45) is 0.819. The number of amides is 1. The third-order valence-corrected chi connectivity index (χ3v) is 2.85. The van der Waals surface area contributed by atoms with Crippen molar-refractivity contribution in [1.29, 1.82) is 0 Å². The molecular weight excluding hydrogens is 240 g/mol. The molecule has 0 saturated heterocycles. The highest BCUT2D eigenvalue weighted by Gasteiger charge is 2.11. The van der Waals surface area contributed by atoms with E-state index in [1.165, 1.54) is 0 Å². The number of H-pyrrole nitrogens is 1. The number of aromatic nitrogens is 2. The zero-order valence-electron chi connectivity index (χ0n) is 11.2. The van der Waals surface area contributed by atoms with Gasteiger partial charge in [-0.3, -0.25) is 9.89 Å². The van der Waals surface area contributed by atoms with Crippen LogP contribution in [0.1, 0.15) is 21.6 Å². The fourth-order valence-corrected chi connectivity index (χ4v) is 1.89. The molecule has 0 unspecified atom stereocenters. The Morgan fingerprint density at radius 3 is 2.84 bits per heavy atom. The van der Waals surface area contributed by atoms with Crippen LogP contribution in [0.3, 0.4) is 0 Å². The maximum atomic E-state index is 12.2. The van der Waals surface area contributed by atoms with Gasteiger partial charge in [-0.2, -0.15) is 5.10 Å². The lowest BCUT2D eigenvalue weighted by Crippen LogP contribution is -2.17. The van der Waals surface area contributed by atoms with Crippen molar-refractivity contribution < 1.29 is 4.79 Å². The average molecular weight is 258 g/mol. The average Bonchev–Trinajstić information content (AvgIpc) is 2.82. The van der Waals surface area contributed by atoms with E-state index in [2.05, 4.69) is 20.8 Å². The Labute approximate surface area is 112 Å². The lowest BCUT2D eigenvalue weighted by molar-refractivity contribution is 0.102. The van der Waals surface area contributed by atoms with Crippen LogP contribution in [-0.2, 0) is 6.42 Å². The minimum atomic E-state index is -0.127. The molecule has 2 rings (SSSR count). The number of benzene rings is 1. The van der Waals surface area contributed by atoms with Crippen molar-refractivity contribution in [2.75, 3.05) is 18.9 Å². The molecule has 5 nitrogen and oxygen atoms in total. The molecule has 0 radical (unpaired) electrons. The van der Waals surface area contributed by atoms with Crippen LogP contribution in [0.15, 0.2) is 30.3 Å². The molecule has 0 aliphatic heterocycles. The van der Waals surface area contributed by atoms with Gasteiger partial charge in [-0.1, -0.05) is 18.2 Å². The predicted molar refractivity (Wildman–Crippen MR) is 75.4 cm³/mol. The number of nitrogens with zero attached hydrogens (tertiary/aromatic N) is 1. The Kier molecular flexibility index (Phi) is 4.30. The second-order valence-corrected chi connectivity index (χ2v) is 4.40. The van der Waals surface area contributed by atoms with E-state index in [4.69, 9.17) is 0 Å². The van der Waals surface area contributed by atoms with Gasteiger partial charge in [0.25, 0.3) is 5.91 Å². The Morgan fingerprint density at radius 2 is 2.16 bits per heavy atom. The van der Waals surface area contributed by atoms with Crippen LogP contribution in [0.4, 0.5) is 5.82 Å².